The number of halogens is 1. The third kappa shape index (κ3) is 3.09. The molecule has 0 bridgehead atoms. The second kappa shape index (κ2) is 4.80. The van der Waals surface area contributed by atoms with E-state index in [0.29, 0.717) is 6.04 Å². The molecule has 1 rings (SSSR count). The number of rotatable bonds is 3. The molecule has 0 amide bonds. The zero-order valence-electron chi connectivity index (χ0n) is 7.17. The highest BCUT2D eigenvalue weighted by Crippen LogP contribution is 2.22. The minimum atomic E-state index is 0.436. The van der Waals surface area contributed by atoms with Gasteiger partial charge >= 0.3 is 0 Å². The summed E-state index contributed by atoms with van der Waals surface area (Å²) in [7, 11) is 1.96. The fraction of sp³-hybridized carbons (Fsp3) is 0.333. The number of likely N-dealkylation sites (N-methyl/N-ethyl adjacent to an activating group) is 1. The summed E-state index contributed by atoms with van der Waals surface area (Å²) in [4.78, 5) is 1.28. The Labute approximate surface area is 85.6 Å². The van der Waals surface area contributed by atoms with Gasteiger partial charge < -0.3 is 5.32 Å². The third-order valence-electron chi connectivity index (χ3n) is 1.60. The van der Waals surface area contributed by atoms with Gasteiger partial charge in [-0.1, -0.05) is 6.08 Å². The third-order valence-corrected chi connectivity index (χ3v) is 3.19. The van der Waals surface area contributed by atoms with Crippen LogP contribution >= 0.6 is 27.3 Å². The summed E-state index contributed by atoms with van der Waals surface area (Å²) in [6.07, 6.45) is 4.29. The van der Waals surface area contributed by atoms with Crippen LogP contribution in [0.1, 0.15) is 11.8 Å². The van der Waals surface area contributed by atoms with Crippen LogP contribution in [0.5, 0.6) is 0 Å². The quantitative estimate of drug-likeness (QED) is 0.863. The largest absolute Gasteiger partial charge is 0.314 e. The average Bonchev–Trinajstić information content (AvgIpc) is 2.47. The van der Waals surface area contributed by atoms with Crippen molar-refractivity contribution in [3.8, 4) is 0 Å². The first-order valence-electron chi connectivity index (χ1n) is 3.83. The molecule has 0 spiro atoms. The Morgan fingerprint density at radius 2 is 2.33 bits per heavy atom. The van der Waals surface area contributed by atoms with Crippen molar-refractivity contribution < 1.29 is 0 Å². The Kier molecular flexibility index (Phi) is 3.98. The van der Waals surface area contributed by atoms with Gasteiger partial charge in [0.2, 0.25) is 0 Å². The Bertz CT molecular complexity index is 267. The molecule has 1 aromatic heterocycles. The van der Waals surface area contributed by atoms with Crippen molar-refractivity contribution in [1.82, 2.24) is 5.32 Å². The maximum atomic E-state index is 3.43. The average molecular weight is 246 g/mol. The molecule has 1 nitrogen and oxygen atoms in total. The highest BCUT2D eigenvalue weighted by Gasteiger charge is 1.93. The smallest absolute Gasteiger partial charge is 0.0704 e. The zero-order valence-corrected chi connectivity index (χ0v) is 9.58. The van der Waals surface area contributed by atoms with Crippen molar-refractivity contribution in [2.75, 3.05) is 7.05 Å². The lowest BCUT2D eigenvalue weighted by Crippen LogP contribution is -2.17. The van der Waals surface area contributed by atoms with Crippen molar-refractivity contribution in [2.24, 2.45) is 0 Å². The first-order chi connectivity index (χ1) is 5.72. The predicted octanol–water partition coefficient (Wildman–Crippen LogP) is 3.13. The molecule has 12 heavy (non-hydrogen) atoms. The van der Waals surface area contributed by atoms with Gasteiger partial charge in [0.15, 0.2) is 0 Å². The van der Waals surface area contributed by atoms with E-state index < -0.39 is 0 Å². The van der Waals surface area contributed by atoms with Crippen molar-refractivity contribution in [3.05, 3.63) is 26.9 Å². The monoisotopic (exact) mass is 245 g/mol. The van der Waals surface area contributed by atoms with E-state index in [0.717, 1.165) is 0 Å². The molecule has 1 heterocycles. The zero-order chi connectivity index (χ0) is 8.97. The van der Waals surface area contributed by atoms with Crippen LogP contribution in [-0.4, -0.2) is 13.1 Å². The highest BCUT2D eigenvalue weighted by molar-refractivity contribution is 9.11. The second-order valence-electron chi connectivity index (χ2n) is 2.58. The minimum Gasteiger partial charge on any atom is -0.314 e. The van der Waals surface area contributed by atoms with Crippen LogP contribution in [0.3, 0.4) is 0 Å². The topological polar surface area (TPSA) is 12.0 Å². The normalized spacial score (nSPS) is 13.9. The van der Waals surface area contributed by atoms with E-state index in [2.05, 4.69) is 52.5 Å². The SMILES string of the molecule is CNC(C)/C=C/c1ccc(Br)s1. The molecule has 0 aliphatic carbocycles. The van der Waals surface area contributed by atoms with Crippen LogP contribution in [0.25, 0.3) is 6.08 Å². The van der Waals surface area contributed by atoms with Gasteiger partial charge in [0.1, 0.15) is 0 Å². The number of hydrogen-bond acceptors (Lipinski definition) is 2. The molecule has 0 aliphatic rings. The summed E-state index contributed by atoms with van der Waals surface area (Å²) in [5.74, 6) is 0. The lowest BCUT2D eigenvalue weighted by Gasteiger charge is -2.00. The molecule has 66 valence electrons. The van der Waals surface area contributed by atoms with E-state index in [1.54, 1.807) is 11.3 Å². The van der Waals surface area contributed by atoms with Crippen LogP contribution in [0.15, 0.2) is 22.0 Å². The Morgan fingerprint density at radius 3 is 2.83 bits per heavy atom. The summed E-state index contributed by atoms with van der Waals surface area (Å²) >= 11 is 5.17. The van der Waals surface area contributed by atoms with E-state index >= 15 is 0 Å². The molecule has 1 aromatic rings. The van der Waals surface area contributed by atoms with Gasteiger partial charge in [-0.15, -0.1) is 11.3 Å². The van der Waals surface area contributed by atoms with Crippen molar-refractivity contribution in [1.29, 1.82) is 0 Å². The summed E-state index contributed by atoms with van der Waals surface area (Å²) in [5.41, 5.74) is 0. The van der Waals surface area contributed by atoms with E-state index in [4.69, 9.17) is 0 Å². The van der Waals surface area contributed by atoms with Crippen molar-refractivity contribution >= 4 is 33.3 Å². The molecular formula is C9H12BrNS. The maximum absolute atomic E-state index is 3.43. The first-order valence-corrected chi connectivity index (χ1v) is 5.44. The summed E-state index contributed by atoms with van der Waals surface area (Å²) < 4.78 is 1.18. The minimum absolute atomic E-state index is 0.436. The van der Waals surface area contributed by atoms with Gasteiger partial charge in [0.25, 0.3) is 0 Å². The number of thiophene rings is 1. The van der Waals surface area contributed by atoms with E-state index in [-0.39, 0.29) is 0 Å². The summed E-state index contributed by atoms with van der Waals surface area (Å²) in [5, 5.41) is 3.15. The Hall–Kier alpha value is -0.120. The van der Waals surface area contributed by atoms with Gasteiger partial charge in [-0.25, -0.2) is 0 Å². The van der Waals surface area contributed by atoms with Crippen LogP contribution in [0.2, 0.25) is 0 Å². The van der Waals surface area contributed by atoms with Crippen molar-refractivity contribution in [3.63, 3.8) is 0 Å². The molecule has 3 heteroatoms. The van der Waals surface area contributed by atoms with Crippen LogP contribution in [-0.2, 0) is 0 Å². The van der Waals surface area contributed by atoms with Crippen LogP contribution in [0.4, 0.5) is 0 Å². The van der Waals surface area contributed by atoms with Gasteiger partial charge in [0.05, 0.1) is 3.79 Å². The second-order valence-corrected chi connectivity index (χ2v) is 5.07. The number of hydrogen-bond donors (Lipinski definition) is 1. The van der Waals surface area contributed by atoms with E-state index in [9.17, 15) is 0 Å². The molecule has 0 radical (unpaired) electrons. The fourth-order valence-corrected chi connectivity index (χ4v) is 2.09. The van der Waals surface area contributed by atoms with E-state index in [1.807, 2.05) is 7.05 Å². The number of nitrogens with one attached hydrogen (secondary N) is 1. The lowest BCUT2D eigenvalue weighted by atomic mass is 10.3. The summed E-state index contributed by atoms with van der Waals surface area (Å²) in [6.45, 7) is 2.12. The molecule has 1 unspecified atom stereocenters. The summed E-state index contributed by atoms with van der Waals surface area (Å²) in [6, 6.07) is 4.60. The van der Waals surface area contributed by atoms with E-state index in [1.165, 1.54) is 8.66 Å². The fourth-order valence-electron chi connectivity index (χ4n) is 0.753. The van der Waals surface area contributed by atoms with Gasteiger partial charge in [-0.3, -0.25) is 0 Å². The Morgan fingerprint density at radius 1 is 1.58 bits per heavy atom. The Balaban J connectivity index is 2.57. The first kappa shape index (κ1) is 9.96. The molecule has 0 fully saturated rings. The van der Waals surface area contributed by atoms with Gasteiger partial charge in [0, 0.05) is 10.9 Å². The predicted molar refractivity (Wildman–Crippen MR) is 59.6 cm³/mol. The molecule has 0 saturated carbocycles. The van der Waals surface area contributed by atoms with Crippen molar-refractivity contribution in [2.45, 2.75) is 13.0 Å². The molecular weight excluding hydrogens is 234 g/mol. The molecule has 1 atom stereocenters. The van der Waals surface area contributed by atoms with Crippen LogP contribution < -0.4 is 5.32 Å². The maximum Gasteiger partial charge on any atom is 0.0704 e. The van der Waals surface area contributed by atoms with Gasteiger partial charge in [-0.2, -0.15) is 0 Å². The molecule has 1 N–H and O–H groups in total. The highest BCUT2D eigenvalue weighted by atomic mass is 79.9. The molecule has 0 saturated heterocycles. The molecule has 0 aliphatic heterocycles. The van der Waals surface area contributed by atoms with Crippen LogP contribution in [0, 0.1) is 0 Å². The van der Waals surface area contributed by atoms with Gasteiger partial charge in [-0.05, 0) is 48.1 Å². The molecule has 0 aromatic carbocycles. The standard InChI is InChI=1S/C9H12BrNS/c1-7(11-2)3-4-8-5-6-9(10)12-8/h3-7,11H,1-2H3/b4-3+. The lowest BCUT2D eigenvalue weighted by molar-refractivity contribution is 0.732.